The van der Waals surface area contributed by atoms with E-state index in [1.54, 1.807) is 18.2 Å². The van der Waals surface area contributed by atoms with Gasteiger partial charge >= 0.3 is 0 Å². The monoisotopic (exact) mass is 485 g/mol. The Balaban J connectivity index is 1.55. The molecule has 0 bridgehead atoms. The van der Waals surface area contributed by atoms with Crippen molar-refractivity contribution in [3.63, 3.8) is 0 Å². The van der Waals surface area contributed by atoms with E-state index in [9.17, 15) is 13.2 Å². The van der Waals surface area contributed by atoms with E-state index in [4.69, 9.17) is 9.47 Å². The van der Waals surface area contributed by atoms with Gasteiger partial charge in [-0.2, -0.15) is 4.31 Å². The minimum atomic E-state index is -3.70. The summed E-state index contributed by atoms with van der Waals surface area (Å²) in [7, 11) is -3.70. The molecule has 2 N–H and O–H groups in total. The highest BCUT2D eigenvalue weighted by Gasteiger charge is 2.27. The second-order valence-corrected chi connectivity index (χ2v) is 10.4. The second-order valence-electron chi connectivity index (χ2n) is 8.48. The summed E-state index contributed by atoms with van der Waals surface area (Å²) in [4.78, 5) is 12.9. The molecule has 9 heteroatoms. The molecule has 8 nitrogen and oxygen atoms in total. The van der Waals surface area contributed by atoms with E-state index in [0.29, 0.717) is 44.2 Å². The number of carbonyl (C=O) groups excluding carboxylic acids is 1. The van der Waals surface area contributed by atoms with E-state index in [2.05, 4.69) is 10.6 Å². The van der Waals surface area contributed by atoms with E-state index in [1.807, 2.05) is 31.2 Å². The average Bonchev–Trinajstić information content (AvgIpc) is 3.36. The predicted molar refractivity (Wildman–Crippen MR) is 132 cm³/mol. The second kappa shape index (κ2) is 11.1. The van der Waals surface area contributed by atoms with Gasteiger partial charge in [-0.1, -0.05) is 29.8 Å². The summed E-state index contributed by atoms with van der Waals surface area (Å²) < 4.78 is 38.7. The van der Waals surface area contributed by atoms with Crippen LogP contribution in [0.5, 0.6) is 0 Å². The van der Waals surface area contributed by atoms with Crippen LogP contribution in [0.4, 0.5) is 11.4 Å². The molecule has 0 spiro atoms. The quantitative estimate of drug-likeness (QED) is 0.557. The number of nitrogens with one attached hydrogen (secondary N) is 2. The van der Waals surface area contributed by atoms with Crippen LogP contribution in [0.2, 0.25) is 0 Å². The fourth-order valence-electron chi connectivity index (χ4n) is 4.03. The number of amides is 1. The SMILES string of the molecule is Cc1cccc(/C=C/C(=O)Nc2cc(S(=O)(=O)N3CCOCC3)ccc2NCC2CCCO2)c1. The first-order chi connectivity index (χ1) is 16.4. The topological polar surface area (TPSA) is 97.0 Å². The number of morpholine rings is 1. The molecule has 2 fully saturated rings. The highest BCUT2D eigenvalue weighted by Crippen LogP contribution is 2.28. The molecule has 1 amide bonds. The average molecular weight is 486 g/mol. The van der Waals surface area contributed by atoms with Crippen LogP contribution in [0.15, 0.2) is 53.4 Å². The van der Waals surface area contributed by atoms with Gasteiger partial charge in [-0.05, 0) is 49.6 Å². The lowest BCUT2D eigenvalue weighted by Crippen LogP contribution is -2.40. The van der Waals surface area contributed by atoms with E-state index in [-0.39, 0.29) is 16.9 Å². The van der Waals surface area contributed by atoms with Gasteiger partial charge in [0, 0.05) is 32.3 Å². The summed E-state index contributed by atoms with van der Waals surface area (Å²) in [6, 6.07) is 12.6. The maximum Gasteiger partial charge on any atom is 0.248 e. The lowest BCUT2D eigenvalue weighted by atomic mass is 10.1. The zero-order valence-electron chi connectivity index (χ0n) is 19.3. The third-order valence-electron chi connectivity index (χ3n) is 5.87. The standard InChI is InChI=1S/C25H31N3O5S/c1-19-4-2-5-20(16-19)7-10-25(29)27-24-17-22(34(30,31)28-11-14-32-15-12-28)8-9-23(24)26-18-21-6-3-13-33-21/h2,4-5,7-10,16-17,21,26H,3,6,11-15,18H2,1H3,(H,27,29)/b10-7+. The molecule has 4 rings (SSSR count). The molecule has 0 radical (unpaired) electrons. The summed E-state index contributed by atoms with van der Waals surface area (Å²) in [5, 5.41) is 6.16. The van der Waals surface area contributed by atoms with Crippen molar-refractivity contribution in [1.29, 1.82) is 0 Å². The van der Waals surface area contributed by atoms with Crippen LogP contribution >= 0.6 is 0 Å². The molecule has 34 heavy (non-hydrogen) atoms. The number of carbonyl (C=O) groups is 1. The van der Waals surface area contributed by atoms with Crippen molar-refractivity contribution in [3.8, 4) is 0 Å². The molecule has 2 aromatic rings. The number of rotatable bonds is 8. The van der Waals surface area contributed by atoms with Crippen LogP contribution in [0.25, 0.3) is 6.08 Å². The molecule has 1 unspecified atom stereocenters. The number of anilines is 2. The summed E-state index contributed by atoms with van der Waals surface area (Å²) in [6.45, 7) is 4.67. The van der Waals surface area contributed by atoms with Gasteiger partial charge in [0.2, 0.25) is 15.9 Å². The Morgan fingerprint density at radius 2 is 1.94 bits per heavy atom. The molecule has 0 saturated carbocycles. The number of sulfonamides is 1. The van der Waals surface area contributed by atoms with Gasteiger partial charge in [0.15, 0.2) is 0 Å². The maximum atomic E-state index is 13.1. The molecule has 2 aliphatic heterocycles. The Hall–Kier alpha value is -2.72. The molecule has 2 aliphatic rings. The first kappa shape index (κ1) is 24.4. The van der Waals surface area contributed by atoms with Crippen LogP contribution in [0.3, 0.4) is 0 Å². The Labute approximate surface area is 201 Å². The van der Waals surface area contributed by atoms with E-state index in [1.165, 1.54) is 16.4 Å². The number of aryl methyl sites for hydroxylation is 1. The summed E-state index contributed by atoms with van der Waals surface area (Å²) >= 11 is 0. The van der Waals surface area contributed by atoms with Crippen molar-refractivity contribution in [2.45, 2.75) is 30.8 Å². The molecule has 182 valence electrons. The van der Waals surface area contributed by atoms with E-state index < -0.39 is 10.0 Å². The van der Waals surface area contributed by atoms with E-state index in [0.717, 1.165) is 30.6 Å². The Kier molecular flexibility index (Phi) is 7.99. The van der Waals surface area contributed by atoms with Crippen LogP contribution in [0.1, 0.15) is 24.0 Å². The number of hydrogen-bond acceptors (Lipinski definition) is 6. The summed E-state index contributed by atoms with van der Waals surface area (Å²) in [6.07, 6.45) is 5.27. The molecule has 2 saturated heterocycles. The lowest BCUT2D eigenvalue weighted by Gasteiger charge is -2.26. The minimum Gasteiger partial charge on any atom is -0.381 e. The van der Waals surface area contributed by atoms with Gasteiger partial charge < -0.3 is 20.1 Å². The summed E-state index contributed by atoms with van der Waals surface area (Å²) in [5.41, 5.74) is 3.07. The van der Waals surface area contributed by atoms with Gasteiger partial charge in [-0.15, -0.1) is 0 Å². The largest absolute Gasteiger partial charge is 0.381 e. The van der Waals surface area contributed by atoms with Crippen molar-refractivity contribution in [2.24, 2.45) is 0 Å². The Morgan fingerprint density at radius 1 is 1.12 bits per heavy atom. The third-order valence-corrected chi connectivity index (χ3v) is 7.76. The lowest BCUT2D eigenvalue weighted by molar-refractivity contribution is -0.111. The Morgan fingerprint density at radius 3 is 2.68 bits per heavy atom. The molecule has 0 aliphatic carbocycles. The van der Waals surface area contributed by atoms with Crippen LogP contribution in [0, 0.1) is 6.92 Å². The smallest absolute Gasteiger partial charge is 0.248 e. The molecular formula is C25H31N3O5S. The highest BCUT2D eigenvalue weighted by molar-refractivity contribution is 7.89. The zero-order valence-corrected chi connectivity index (χ0v) is 20.1. The first-order valence-corrected chi connectivity index (χ1v) is 13.0. The molecule has 0 aromatic heterocycles. The van der Waals surface area contributed by atoms with Crippen molar-refractivity contribution in [2.75, 3.05) is 50.1 Å². The van der Waals surface area contributed by atoms with Crippen molar-refractivity contribution in [3.05, 3.63) is 59.7 Å². The van der Waals surface area contributed by atoms with Gasteiger partial charge in [-0.3, -0.25) is 4.79 Å². The number of ether oxygens (including phenoxy) is 2. The number of nitrogens with zero attached hydrogens (tertiary/aromatic N) is 1. The van der Waals surface area contributed by atoms with Crippen molar-refractivity contribution >= 4 is 33.4 Å². The first-order valence-electron chi connectivity index (χ1n) is 11.5. The molecule has 2 aromatic carbocycles. The maximum absolute atomic E-state index is 13.1. The number of benzene rings is 2. The van der Waals surface area contributed by atoms with Gasteiger partial charge in [0.25, 0.3) is 0 Å². The van der Waals surface area contributed by atoms with E-state index >= 15 is 0 Å². The van der Waals surface area contributed by atoms with Crippen molar-refractivity contribution < 1.29 is 22.7 Å². The van der Waals surface area contributed by atoms with Crippen molar-refractivity contribution in [1.82, 2.24) is 4.31 Å². The molecule has 2 heterocycles. The predicted octanol–water partition coefficient (Wildman–Crippen LogP) is 3.26. The highest BCUT2D eigenvalue weighted by atomic mass is 32.2. The summed E-state index contributed by atoms with van der Waals surface area (Å²) in [5.74, 6) is -0.345. The van der Waals surface area contributed by atoms with Gasteiger partial charge in [-0.25, -0.2) is 8.42 Å². The molecule has 1 atom stereocenters. The normalized spacial score (nSPS) is 19.4. The minimum absolute atomic E-state index is 0.0986. The van der Waals surface area contributed by atoms with Crippen LogP contribution in [-0.4, -0.2) is 64.2 Å². The van der Waals surface area contributed by atoms with Crippen LogP contribution in [-0.2, 0) is 24.3 Å². The van der Waals surface area contributed by atoms with Gasteiger partial charge in [0.1, 0.15) is 0 Å². The van der Waals surface area contributed by atoms with Crippen LogP contribution < -0.4 is 10.6 Å². The molecular weight excluding hydrogens is 454 g/mol. The zero-order chi connectivity index (χ0) is 24.0. The van der Waals surface area contributed by atoms with Gasteiger partial charge in [0.05, 0.1) is 35.6 Å². The fraction of sp³-hybridized carbons (Fsp3) is 0.400. The number of hydrogen-bond donors (Lipinski definition) is 2. The Bertz CT molecular complexity index is 1140. The third kappa shape index (κ3) is 6.24. The fourth-order valence-corrected chi connectivity index (χ4v) is 5.46.